The lowest BCUT2D eigenvalue weighted by atomic mass is 9.88. The second kappa shape index (κ2) is 9.45. The van der Waals surface area contributed by atoms with Crippen LogP contribution in [0.5, 0.6) is 0 Å². The van der Waals surface area contributed by atoms with Crippen molar-refractivity contribution < 1.29 is 14.5 Å². The zero-order valence-corrected chi connectivity index (χ0v) is 16.8. The number of aromatic nitrogens is 2. The summed E-state index contributed by atoms with van der Waals surface area (Å²) in [6.07, 6.45) is 3.73. The van der Waals surface area contributed by atoms with E-state index in [9.17, 15) is 14.9 Å². The molecule has 0 aliphatic carbocycles. The van der Waals surface area contributed by atoms with Crippen molar-refractivity contribution in [1.82, 2.24) is 14.7 Å². The van der Waals surface area contributed by atoms with E-state index >= 15 is 0 Å². The predicted molar refractivity (Wildman–Crippen MR) is 106 cm³/mol. The minimum Gasteiger partial charge on any atom is -0.462 e. The minimum absolute atomic E-state index is 0.0562. The topological polar surface area (TPSA) is 90.5 Å². The summed E-state index contributed by atoms with van der Waals surface area (Å²) in [5.74, 6) is 0.481. The van der Waals surface area contributed by atoms with Gasteiger partial charge in [-0.1, -0.05) is 30.3 Å². The van der Waals surface area contributed by atoms with Gasteiger partial charge in [-0.05, 0) is 39.8 Å². The number of likely N-dealkylation sites (tertiary alicyclic amines) is 1. The van der Waals surface area contributed by atoms with Crippen LogP contribution in [-0.2, 0) is 16.0 Å². The predicted octanol–water partition coefficient (Wildman–Crippen LogP) is 3.09. The molecule has 152 valence electrons. The van der Waals surface area contributed by atoms with Gasteiger partial charge in [0.05, 0.1) is 11.0 Å². The number of hydrogen-bond acceptors (Lipinski definition) is 6. The molecule has 8 heteroatoms. The van der Waals surface area contributed by atoms with Gasteiger partial charge in [-0.3, -0.25) is 19.6 Å². The number of hydrogen-bond donors (Lipinski definition) is 0. The van der Waals surface area contributed by atoms with Crippen molar-refractivity contribution in [2.24, 2.45) is 5.92 Å². The molecule has 0 radical (unpaired) electrons. The van der Waals surface area contributed by atoms with E-state index in [4.69, 9.17) is 0 Å². The monoisotopic (exact) mass is 388 g/mol. The number of nitrogens with zero attached hydrogens (tertiary/aromatic N) is 4. The first-order valence-electron chi connectivity index (χ1n) is 9.22. The maximum absolute atomic E-state index is 10.8. The van der Waals surface area contributed by atoms with E-state index in [-0.39, 0.29) is 17.3 Å². The molecule has 1 fully saturated rings. The van der Waals surface area contributed by atoms with Crippen LogP contribution in [0, 0.1) is 16.0 Å². The van der Waals surface area contributed by atoms with Gasteiger partial charge in [-0.15, -0.1) is 0 Å². The van der Waals surface area contributed by atoms with Crippen LogP contribution >= 0.6 is 0 Å². The van der Waals surface area contributed by atoms with Crippen LogP contribution in [0.3, 0.4) is 0 Å². The van der Waals surface area contributed by atoms with Crippen LogP contribution in [0.15, 0.2) is 42.7 Å². The summed E-state index contributed by atoms with van der Waals surface area (Å²) in [4.78, 5) is 22.3. The van der Waals surface area contributed by atoms with Crippen molar-refractivity contribution in [2.45, 2.75) is 38.8 Å². The van der Waals surface area contributed by atoms with Gasteiger partial charge in [0, 0.05) is 19.0 Å². The molecular weight excluding hydrogens is 360 g/mol. The molecule has 8 nitrogen and oxygen atoms in total. The Bertz CT molecular complexity index is 764. The molecule has 1 unspecified atom stereocenters. The third kappa shape index (κ3) is 6.45. The van der Waals surface area contributed by atoms with Crippen LogP contribution in [0.25, 0.3) is 0 Å². The summed E-state index contributed by atoms with van der Waals surface area (Å²) >= 11 is 0. The van der Waals surface area contributed by atoms with Crippen molar-refractivity contribution in [3.63, 3.8) is 0 Å². The summed E-state index contributed by atoms with van der Waals surface area (Å²) in [5, 5.41) is 15.1. The molecule has 3 rings (SSSR count). The van der Waals surface area contributed by atoms with Gasteiger partial charge in [-0.2, -0.15) is 5.10 Å². The van der Waals surface area contributed by atoms with Gasteiger partial charge in [0.2, 0.25) is 0 Å². The maximum atomic E-state index is 10.8. The van der Waals surface area contributed by atoms with E-state index in [0.29, 0.717) is 12.4 Å². The lowest BCUT2D eigenvalue weighted by Crippen LogP contribution is -2.48. The van der Waals surface area contributed by atoms with Crippen molar-refractivity contribution in [2.75, 3.05) is 20.1 Å². The lowest BCUT2D eigenvalue weighted by Gasteiger charge is -2.41. The van der Waals surface area contributed by atoms with E-state index in [1.807, 2.05) is 39.0 Å². The summed E-state index contributed by atoms with van der Waals surface area (Å²) in [7, 11) is 2.08. The van der Waals surface area contributed by atoms with Crippen molar-refractivity contribution in [3.8, 4) is 0 Å². The largest absolute Gasteiger partial charge is 0.462 e. The Hall–Kier alpha value is -2.74. The Balaban J connectivity index is 0.000000345. The molecule has 1 saturated heterocycles. The molecule has 0 N–H and O–H groups in total. The summed E-state index contributed by atoms with van der Waals surface area (Å²) in [5.41, 5.74) is 0.970. The quantitative estimate of drug-likeness (QED) is 0.429. The highest BCUT2D eigenvalue weighted by atomic mass is 16.6. The molecule has 2 aromatic rings. The number of carbonyl (C=O) groups excluding carboxylic acids is 1. The number of ether oxygens (including phenoxy) is 1. The van der Waals surface area contributed by atoms with Crippen LogP contribution in [0.1, 0.15) is 32.4 Å². The van der Waals surface area contributed by atoms with Crippen molar-refractivity contribution in [3.05, 3.63) is 58.4 Å². The molecule has 1 aliphatic heterocycles. The minimum atomic E-state index is -0.393. The molecule has 0 spiro atoms. The first-order chi connectivity index (χ1) is 13.2. The Morgan fingerprint density at radius 3 is 2.39 bits per heavy atom. The SMILES string of the molecule is CC(C)(C)OC=O.CN1CC(C(Cc2ccccc2)n2cc([N+](=O)[O-])cn2)C1. The molecule has 0 bridgehead atoms. The molecule has 28 heavy (non-hydrogen) atoms. The fourth-order valence-corrected chi connectivity index (χ4v) is 3.07. The molecular formula is C20H28N4O4. The van der Waals surface area contributed by atoms with Gasteiger partial charge in [0.1, 0.15) is 18.0 Å². The van der Waals surface area contributed by atoms with E-state index < -0.39 is 4.92 Å². The van der Waals surface area contributed by atoms with E-state index in [0.717, 1.165) is 19.5 Å². The Labute approximate surface area is 165 Å². The summed E-state index contributed by atoms with van der Waals surface area (Å²) in [6, 6.07) is 10.4. The molecule has 1 atom stereocenters. The fraction of sp³-hybridized carbons (Fsp3) is 0.500. The van der Waals surface area contributed by atoms with Crippen LogP contribution in [0.4, 0.5) is 5.69 Å². The number of rotatable bonds is 6. The Kier molecular flexibility index (Phi) is 7.28. The van der Waals surface area contributed by atoms with Gasteiger partial charge < -0.3 is 9.64 Å². The molecule has 2 heterocycles. The highest BCUT2D eigenvalue weighted by Crippen LogP contribution is 2.30. The molecule has 1 aliphatic rings. The van der Waals surface area contributed by atoms with Crippen LogP contribution in [-0.4, -0.2) is 51.8 Å². The first kappa shape index (κ1) is 21.6. The van der Waals surface area contributed by atoms with Gasteiger partial charge in [0.25, 0.3) is 6.47 Å². The van der Waals surface area contributed by atoms with E-state index in [1.165, 1.54) is 11.8 Å². The Morgan fingerprint density at radius 1 is 1.32 bits per heavy atom. The van der Waals surface area contributed by atoms with Gasteiger partial charge in [-0.25, -0.2) is 0 Å². The first-order valence-corrected chi connectivity index (χ1v) is 9.22. The average molecular weight is 388 g/mol. The van der Waals surface area contributed by atoms with E-state index in [1.54, 1.807) is 10.9 Å². The van der Waals surface area contributed by atoms with Crippen molar-refractivity contribution in [1.29, 1.82) is 0 Å². The average Bonchev–Trinajstić information content (AvgIpc) is 3.08. The van der Waals surface area contributed by atoms with Gasteiger partial charge in [0.15, 0.2) is 0 Å². The standard InChI is InChI=1S/C15H18N4O2.C5H10O2/c1-17-9-13(10-17)15(7-12-5-3-2-4-6-12)18-11-14(8-16-18)19(20)21;1-5(2,3)7-4-6/h2-6,8,11,13,15H,7,9-10H2,1H3;4H,1-3H3. The fourth-order valence-electron chi connectivity index (χ4n) is 3.07. The van der Waals surface area contributed by atoms with Crippen LogP contribution in [0.2, 0.25) is 0 Å². The highest BCUT2D eigenvalue weighted by molar-refractivity contribution is 5.37. The molecule has 1 aromatic carbocycles. The smallest absolute Gasteiger partial charge is 0.307 e. The second-order valence-electron chi connectivity index (χ2n) is 8.00. The lowest BCUT2D eigenvalue weighted by molar-refractivity contribution is -0.385. The van der Waals surface area contributed by atoms with Crippen molar-refractivity contribution >= 4 is 12.2 Å². The maximum Gasteiger partial charge on any atom is 0.307 e. The normalized spacial score (nSPS) is 15.7. The molecule has 1 aromatic heterocycles. The summed E-state index contributed by atoms with van der Waals surface area (Å²) < 4.78 is 6.32. The van der Waals surface area contributed by atoms with Gasteiger partial charge >= 0.3 is 5.69 Å². The van der Waals surface area contributed by atoms with Crippen LogP contribution < -0.4 is 0 Å². The second-order valence-corrected chi connectivity index (χ2v) is 8.00. The Morgan fingerprint density at radius 2 is 1.96 bits per heavy atom. The molecule has 0 saturated carbocycles. The van der Waals surface area contributed by atoms with E-state index in [2.05, 4.69) is 33.9 Å². The third-order valence-electron chi connectivity index (χ3n) is 4.46. The molecule has 0 amide bonds. The highest BCUT2D eigenvalue weighted by Gasteiger charge is 2.33. The number of benzene rings is 1. The zero-order chi connectivity index (χ0) is 20.7. The third-order valence-corrected chi connectivity index (χ3v) is 4.46. The number of carbonyl (C=O) groups is 1. The number of nitro groups is 1. The summed E-state index contributed by atoms with van der Waals surface area (Å²) in [6.45, 7) is 7.93. The zero-order valence-electron chi connectivity index (χ0n) is 16.8.